The van der Waals surface area contributed by atoms with Gasteiger partial charge < -0.3 is 10.1 Å². The van der Waals surface area contributed by atoms with Crippen LogP contribution in [0.5, 0.6) is 0 Å². The monoisotopic (exact) mass is 211 g/mol. The zero-order chi connectivity index (χ0) is 10.3. The molecular weight excluding hydrogens is 186 g/mol. The van der Waals surface area contributed by atoms with Crippen LogP contribution in [0.3, 0.4) is 0 Å². The van der Waals surface area contributed by atoms with Crippen LogP contribution in [-0.4, -0.2) is 25.8 Å². The molecule has 1 aliphatic heterocycles. The molecule has 2 fully saturated rings. The topological polar surface area (TPSA) is 21.3 Å². The third-order valence-electron chi connectivity index (χ3n) is 3.86. The van der Waals surface area contributed by atoms with Gasteiger partial charge in [-0.05, 0) is 38.1 Å². The van der Waals surface area contributed by atoms with Crippen molar-refractivity contribution in [3.8, 4) is 0 Å². The van der Waals surface area contributed by atoms with Gasteiger partial charge in [0.1, 0.15) is 0 Å². The van der Waals surface area contributed by atoms with Crippen molar-refractivity contribution >= 4 is 0 Å². The van der Waals surface area contributed by atoms with E-state index in [9.17, 15) is 0 Å². The zero-order valence-electron chi connectivity index (χ0n) is 9.84. The lowest BCUT2D eigenvalue weighted by Crippen LogP contribution is -2.30. The Balaban J connectivity index is 1.55. The van der Waals surface area contributed by atoms with Crippen LogP contribution in [0.4, 0.5) is 0 Å². The molecule has 1 heterocycles. The molecule has 0 spiro atoms. The minimum absolute atomic E-state index is 0.815. The average molecular weight is 211 g/mol. The van der Waals surface area contributed by atoms with Crippen molar-refractivity contribution in [3.63, 3.8) is 0 Å². The molecule has 0 aromatic rings. The van der Waals surface area contributed by atoms with E-state index < -0.39 is 0 Å². The number of ether oxygens (including phenoxy) is 1. The predicted molar refractivity (Wildman–Crippen MR) is 63.0 cm³/mol. The van der Waals surface area contributed by atoms with Crippen LogP contribution in [0.25, 0.3) is 0 Å². The molecule has 1 atom stereocenters. The van der Waals surface area contributed by atoms with Gasteiger partial charge in [-0.25, -0.2) is 0 Å². The summed E-state index contributed by atoms with van der Waals surface area (Å²) in [7, 11) is 0. The Morgan fingerprint density at radius 1 is 1.00 bits per heavy atom. The maximum Gasteiger partial charge on any atom is 0.0495 e. The third-order valence-corrected chi connectivity index (χ3v) is 3.86. The molecule has 88 valence electrons. The molecule has 2 heteroatoms. The lowest BCUT2D eigenvalue weighted by molar-refractivity contribution is 0.184. The van der Waals surface area contributed by atoms with E-state index in [0.717, 1.165) is 25.2 Å². The molecule has 0 aromatic carbocycles. The second-order valence-corrected chi connectivity index (χ2v) is 5.16. The normalized spacial score (nSPS) is 29.2. The van der Waals surface area contributed by atoms with Crippen LogP contribution in [-0.2, 0) is 4.74 Å². The van der Waals surface area contributed by atoms with Crippen molar-refractivity contribution < 1.29 is 4.74 Å². The molecule has 15 heavy (non-hydrogen) atoms. The SMILES string of the molecule is C1CCCC(NCCC2CCOC2)CC1. The average Bonchev–Trinajstić information content (AvgIpc) is 2.62. The zero-order valence-corrected chi connectivity index (χ0v) is 9.84. The lowest BCUT2D eigenvalue weighted by Gasteiger charge is -2.17. The van der Waals surface area contributed by atoms with Crippen molar-refractivity contribution in [2.75, 3.05) is 19.8 Å². The Bertz CT molecular complexity index is 158. The highest BCUT2D eigenvalue weighted by atomic mass is 16.5. The first kappa shape index (κ1) is 11.4. The van der Waals surface area contributed by atoms with Crippen LogP contribution in [0.1, 0.15) is 51.4 Å². The van der Waals surface area contributed by atoms with Gasteiger partial charge in [0.25, 0.3) is 0 Å². The molecule has 1 saturated heterocycles. The van der Waals surface area contributed by atoms with Crippen LogP contribution in [0, 0.1) is 5.92 Å². The fraction of sp³-hybridized carbons (Fsp3) is 1.00. The summed E-state index contributed by atoms with van der Waals surface area (Å²) in [5, 5.41) is 3.73. The Hall–Kier alpha value is -0.0800. The summed E-state index contributed by atoms with van der Waals surface area (Å²) in [4.78, 5) is 0. The molecule has 0 bridgehead atoms. The van der Waals surface area contributed by atoms with Gasteiger partial charge in [0.05, 0.1) is 0 Å². The molecular formula is C13H25NO. The molecule has 2 nitrogen and oxygen atoms in total. The Kier molecular flexibility index (Phi) is 4.94. The smallest absolute Gasteiger partial charge is 0.0495 e. The molecule has 1 aliphatic carbocycles. The second-order valence-electron chi connectivity index (χ2n) is 5.16. The standard InChI is InChI=1S/C13H25NO/c1-2-4-6-13(5-3-1)14-9-7-12-8-10-15-11-12/h12-14H,1-11H2. The van der Waals surface area contributed by atoms with Crippen LogP contribution >= 0.6 is 0 Å². The highest BCUT2D eigenvalue weighted by Gasteiger charge is 2.16. The van der Waals surface area contributed by atoms with Gasteiger partial charge in [-0.3, -0.25) is 0 Å². The highest BCUT2D eigenvalue weighted by molar-refractivity contribution is 4.72. The molecule has 2 rings (SSSR count). The van der Waals surface area contributed by atoms with Gasteiger partial charge in [-0.1, -0.05) is 25.7 Å². The van der Waals surface area contributed by atoms with Crippen LogP contribution in [0.2, 0.25) is 0 Å². The summed E-state index contributed by atoms with van der Waals surface area (Å²) in [6.07, 6.45) is 11.2. The molecule has 0 aromatic heterocycles. The van der Waals surface area contributed by atoms with Gasteiger partial charge in [0.15, 0.2) is 0 Å². The van der Waals surface area contributed by atoms with Crippen molar-refractivity contribution in [1.29, 1.82) is 0 Å². The largest absolute Gasteiger partial charge is 0.381 e. The summed E-state index contributed by atoms with van der Waals surface area (Å²) in [6.45, 7) is 3.21. The van der Waals surface area contributed by atoms with Gasteiger partial charge in [-0.2, -0.15) is 0 Å². The second kappa shape index (κ2) is 6.49. The van der Waals surface area contributed by atoms with Crippen molar-refractivity contribution in [1.82, 2.24) is 5.32 Å². The van der Waals surface area contributed by atoms with Gasteiger partial charge in [-0.15, -0.1) is 0 Å². The molecule has 1 saturated carbocycles. The van der Waals surface area contributed by atoms with Gasteiger partial charge >= 0.3 is 0 Å². The predicted octanol–water partition coefficient (Wildman–Crippen LogP) is 2.73. The first-order valence-corrected chi connectivity index (χ1v) is 6.76. The lowest BCUT2D eigenvalue weighted by atomic mass is 10.0. The molecule has 2 aliphatic rings. The molecule has 1 unspecified atom stereocenters. The number of hydrogen-bond acceptors (Lipinski definition) is 2. The van der Waals surface area contributed by atoms with Crippen molar-refractivity contribution in [2.45, 2.75) is 57.4 Å². The van der Waals surface area contributed by atoms with Crippen LogP contribution < -0.4 is 5.32 Å². The van der Waals surface area contributed by atoms with E-state index >= 15 is 0 Å². The fourth-order valence-corrected chi connectivity index (χ4v) is 2.79. The first-order valence-electron chi connectivity index (χ1n) is 6.76. The van der Waals surface area contributed by atoms with E-state index in [-0.39, 0.29) is 0 Å². The van der Waals surface area contributed by atoms with Crippen molar-refractivity contribution in [2.24, 2.45) is 5.92 Å². The van der Waals surface area contributed by atoms with Crippen molar-refractivity contribution in [3.05, 3.63) is 0 Å². The Morgan fingerprint density at radius 3 is 2.47 bits per heavy atom. The van der Waals surface area contributed by atoms with E-state index in [1.807, 2.05) is 0 Å². The number of nitrogens with one attached hydrogen (secondary N) is 1. The maximum absolute atomic E-state index is 5.39. The van der Waals surface area contributed by atoms with E-state index in [4.69, 9.17) is 4.74 Å². The maximum atomic E-state index is 5.39. The summed E-state index contributed by atoms with van der Waals surface area (Å²) in [6, 6.07) is 0.815. The molecule has 0 amide bonds. The Morgan fingerprint density at radius 2 is 1.80 bits per heavy atom. The number of rotatable bonds is 4. The number of hydrogen-bond donors (Lipinski definition) is 1. The molecule has 1 N–H and O–H groups in total. The quantitative estimate of drug-likeness (QED) is 0.722. The summed E-state index contributed by atoms with van der Waals surface area (Å²) >= 11 is 0. The fourth-order valence-electron chi connectivity index (χ4n) is 2.79. The van der Waals surface area contributed by atoms with E-state index in [1.165, 1.54) is 57.9 Å². The first-order chi connectivity index (χ1) is 7.45. The third kappa shape index (κ3) is 4.12. The minimum Gasteiger partial charge on any atom is -0.381 e. The highest BCUT2D eigenvalue weighted by Crippen LogP contribution is 2.18. The van der Waals surface area contributed by atoms with Crippen LogP contribution in [0.15, 0.2) is 0 Å². The summed E-state index contributed by atoms with van der Waals surface area (Å²) < 4.78 is 5.39. The Labute approximate surface area is 93.8 Å². The molecule has 0 radical (unpaired) electrons. The van der Waals surface area contributed by atoms with E-state index in [2.05, 4.69) is 5.32 Å². The summed E-state index contributed by atoms with van der Waals surface area (Å²) in [5.41, 5.74) is 0. The van der Waals surface area contributed by atoms with E-state index in [1.54, 1.807) is 0 Å². The minimum atomic E-state index is 0.815. The van der Waals surface area contributed by atoms with Gasteiger partial charge in [0, 0.05) is 19.3 Å². The van der Waals surface area contributed by atoms with Gasteiger partial charge in [0.2, 0.25) is 0 Å². The summed E-state index contributed by atoms with van der Waals surface area (Å²) in [5.74, 6) is 0.836. The van der Waals surface area contributed by atoms with E-state index in [0.29, 0.717) is 0 Å².